The minimum absolute atomic E-state index is 0.0398. The Hall–Kier alpha value is -2.65. The number of hydrogen-bond acceptors (Lipinski definition) is 11. The maximum absolute atomic E-state index is 12.2. The summed E-state index contributed by atoms with van der Waals surface area (Å²) in [6.07, 6.45) is -4.82. The van der Waals surface area contributed by atoms with Crippen LogP contribution >= 0.6 is 7.60 Å². The Labute approximate surface area is 160 Å². The van der Waals surface area contributed by atoms with Crippen LogP contribution in [-0.4, -0.2) is 74.3 Å². The summed E-state index contributed by atoms with van der Waals surface area (Å²) in [6.45, 7) is 0. The van der Waals surface area contributed by atoms with Crippen molar-refractivity contribution in [2.45, 2.75) is 30.8 Å². The first-order valence-corrected chi connectivity index (χ1v) is 9.70. The van der Waals surface area contributed by atoms with Gasteiger partial charge in [0.05, 0.1) is 6.33 Å². The van der Waals surface area contributed by atoms with Gasteiger partial charge in [0.15, 0.2) is 23.7 Å². The molecule has 6 atom stereocenters. The summed E-state index contributed by atoms with van der Waals surface area (Å²) in [7, 11) is -4.57. The first-order chi connectivity index (χ1) is 13.7. The van der Waals surface area contributed by atoms with Crippen molar-refractivity contribution < 1.29 is 34.0 Å². The van der Waals surface area contributed by atoms with Gasteiger partial charge in [0.1, 0.15) is 18.3 Å². The fourth-order valence-electron chi connectivity index (χ4n) is 2.95. The third kappa shape index (κ3) is 3.34. The minimum atomic E-state index is -4.57. The van der Waals surface area contributed by atoms with E-state index in [1.54, 1.807) is 0 Å². The molecule has 0 aliphatic carbocycles. The van der Waals surface area contributed by atoms with E-state index in [-0.39, 0.29) is 17.1 Å². The Balaban J connectivity index is 1.60. The Bertz CT molecular complexity index is 1130. The van der Waals surface area contributed by atoms with Crippen LogP contribution in [-0.2, 0) is 13.8 Å². The topological polar surface area (TPSA) is 235 Å². The van der Waals surface area contributed by atoms with Crippen LogP contribution in [0.3, 0.4) is 0 Å². The van der Waals surface area contributed by atoms with Gasteiger partial charge < -0.3 is 35.7 Å². The molecule has 1 aliphatic heterocycles. The molecule has 0 spiro atoms. The van der Waals surface area contributed by atoms with E-state index in [1.807, 2.05) is 0 Å². The number of hydrogen-bond donors (Lipinski definition) is 7. The number of imidazole rings is 2. The Morgan fingerprint density at radius 2 is 2.10 bits per heavy atom. The lowest BCUT2D eigenvalue weighted by Gasteiger charge is -2.22. The first kappa shape index (κ1) is 19.7. The maximum Gasteiger partial charge on any atom is 0.396 e. The van der Waals surface area contributed by atoms with Crippen molar-refractivity contribution >= 4 is 30.3 Å². The third-order valence-electron chi connectivity index (χ3n) is 4.28. The maximum atomic E-state index is 12.2. The largest absolute Gasteiger partial charge is 0.396 e. The second-order valence-electron chi connectivity index (χ2n) is 6.18. The fourth-order valence-corrected chi connectivity index (χ4v) is 3.91. The number of nitrogens with two attached hydrogens (primary N) is 1. The number of aliphatic hydroxyl groups is 3. The second-order valence-corrected chi connectivity index (χ2v) is 7.85. The summed E-state index contributed by atoms with van der Waals surface area (Å²) in [5, 5.41) is 30.8. The molecule has 156 valence electrons. The van der Waals surface area contributed by atoms with Gasteiger partial charge in [0.25, 0.3) is 5.56 Å². The Morgan fingerprint density at radius 1 is 1.34 bits per heavy atom. The molecule has 1 saturated heterocycles. The van der Waals surface area contributed by atoms with E-state index >= 15 is 0 Å². The minimum Gasteiger partial charge on any atom is -0.387 e. The van der Waals surface area contributed by atoms with Crippen molar-refractivity contribution in [2.75, 3.05) is 5.73 Å². The van der Waals surface area contributed by atoms with Crippen molar-refractivity contribution in [1.29, 1.82) is 0 Å². The van der Waals surface area contributed by atoms with Crippen LogP contribution in [0, 0.1) is 0 Å². The van der Waals surface area contributed by atoms with Crippen molar-refractivity contribution in [3.05, 3.63) is 29.1 Å². The quantitative estimate of drug-likeness (QED) is 0.158. The van der Waals surface area contributed by atoms with Gasteiger partial charge >= 0.3 is 7.60 Å². The molecule has 0 radical (unpaired) electrons. The highest BCUT2D eigenvalue weighted by molar-refractivity contribution is 7.60. The number of anilines is 1. The highest BCUT2D eigenvalue weighted by atomic mass is 31.2. The second kappa shape index (κ2) is 7.00. The predicted octanol–water partition coefficient (Wildman–Crippen LogP) is -3.11. The number of nitrogens with one attached hydrogen (secondary N) is 2. The molecular weight excluding hydrogens is 413 g/mol. The molecule has 3 aromatic heterocycles. The molecule has 3 aromatic rings. The summed E-state index contributed by atoms with van der Waals surface area (Å²) >= 11 is 0. The smallest absolute Gasteiger partial charge is 0.387 e. The van der Waals surface area contributed by atoms with Crippen LogP contribution in [0.25, 0.3) is 11.2 Å². The van der Waals surface area contributed by atoms with Crippen LogP contribution in [0.4, 0.5) is 5.95 Å². The van der Waals surface area contributed by atoms with Gasteiger partial charge in [0.2, 0.25) is 11.5 Å². The van der Waals surface area contributed by atoms with Crippen molar-refractivity contribution in [2.24, 2.45) is 0 Å². The zero-order valence-corrected chi connectivity index (χ0v) is 15.2. The molecule has 4 rings (SSSR count). The molecule has 1 fully saturated rings. The van der Waals surface area contributed by atoms with E-state index in [9.17, 15) is 29.6 Å². The lowest BCUT2D eigenvalue weighted by molar-refractivity contribution is -0.156. The van der Waals surface area contributed by atoms with Crippen LogP contribution in [0.15, 0.2) is 23.5 Å². The van der Waals surface area contributed by atoms with Crippen LogP contribution < -0.4 is 16.9 Å². The fraction of sp³-hybridized carbons (Fsp3) is 0.385. The number of H-pyrrole nitrogens is 2. The van der Waals surface area contributed by atoms with Crippen molar-refractivity contribution in [1.82, 2.24) is 29.5 Å². The summed E-state index contributed by atoms with van der Waals surface area (Å²) in [6, 6.07) is 0. The van der Waals surface area contributed by atoms with Crippen molar-refractivity contribution in [3.63, 3.8) is 0 Å². The van der Waals surface area contributed by atoms with Gasteiger partial charge in [-0.3, -0.25) is 23.4 Å². The number of nitrogens with zero attached hydrogens (tertiary/aromatic N) is 4. The number of rotatable bonds is 5. The van der Waals surface area contributed by atoms with E-state index in [4.69, 9.17) is 15.0 Å². The molecule has 0 bridgehead atoms. The highest BCUT2D eigenvalue weighted by Gasteiger charge is 2.49. The first-order valence-electron chi connectivity index (χ1n) is 8.12. The summed E-state index contributed by atoms with van der Waals surface area (Å²) in [5.41, 5.74) is 4.33. The van der Waals surface area contributed by atoms with Crippen LogP contribution in [0.1, 0.15) is 6.23 Å². The number of ether oxygens (including phenoxy) is 1. The van der Waals surface area contributed by atoms with Gasteiger partial charge in [0, 0.05) is 12.4 Å². The van der Waals surface area contributed by atoms with Gasteiger partial charge in [-0.25, -0.2) is 9.97 Å². The van der Waals surface area contributed by atoms with E-state index < -0.39 is 49.6 Å². The lowest BCUT2D eigenvalue weighted by atomic mass is 10.1. The molecule has 15 nitrogen and oxygen atoms in total. The monoisotopic (exact) mass is 429 g/mol. The average Bonchev–Trinajstić information content (AvgIpc) is 3.36. The number of aromatic amines is 2. The molecule has 0 saturated carbocycles. The van der Waals surface area contributed by atoms with Gasteiger partial charge in [-0.05, 0) is 0 Å². The highest BCUT2D eigenvalue weighted by Crippen LogP contribution is 2.43. The van der Waals surface area contributed by atoms with Gasteiger partial charge in [-0.15, -0.1) is 0 Å². The zero-order valence-electron chi connectivity index (χ0n) is 14.4. The number of aromatic nitrogens is 6. The van der Waals surface area contributed by atoms with Crippen LogP contribution in [0.2, 0.25) is 0 Å². The summed E-state index contributed by atoms with van der Waals surface area (Å²) < 4.78 is 23.5. The zero-order chi connectivity index (χ0) is 20.9. The third-order valence-corrected chi connectivity index (χ3v) is 5.57. The number of aliphatic hydroxyl groups excluding tert-OH is 3. The SMILES string of the molecule is Nc1nc2c(ncn2[C@@H]2O[C@H](C(O)OP(=O)(O)c3ncc[nH]3)[C@@H](O)[C@H]2O)c(=O)[nH]1. The summed E-state index contributed by atoms with van der Waals surface area (Å²) in [5.74, 6) is -0.211. The number of nitrogen functional groups attached to an aromatic ring is 1. The standard InChI is InChI=1S/C13H16N7O8P/c14-12-18-8-4(9(23)19-12)17-3-20(8)10-6(22)5(21)7(27-10)11(24)28-29(25,26)13-15-1-2-16-13/h1-3,5-7,10-11,21-22,24H,(H,15,16)(H,25,26)(H3,14,18,19,23)/t5-,6+,7-,10+,11?/m0/s1. The number of fused-ring (bicyclic) bond motifs is 1. The Kier molecular flexibility index (Phi) is 4.74. The predicted molar refractivity (Wildman–Crippen MR) is 93.6 cm³/mol. The molecular formula is C13H16N7O8P. The van der Waals surface area contributed by atoms with E-state index in [0.717, 1.165) is 10.9 Å². The molecule has 29 heavy (non-hydrogen) atoms. The van der Waals surface area contributed by atoms with Gasteiger partial charge in [-0.1, -0.05) is 0 Å². The Morgan fingerprint density at radius 3 is 2.79 bits per heavy atom. The van der Waals surface area contributed by atoms with Gasteiger partial charge in [-0.2, -0.15) is 4.98 Å². The van der Waals surface area contributed by atoms with E-state index in [0.29, 0.717) is 0 Å². The van der Waals surface area contributed by atoms with E-state index in [2.05, 4.69) is 24.9 Å². The molecule has 1 aliphatic rings. The van der Waals surface area contributed by atoms with E-state index in [1.165, 1.54) is 12.4 Å². The molecule has 4 heterocycles. The van der Waals surface area contributed by atoms with Crippen molar-refractivity contribution in [3.8, 4) is 0 Å². The molecule has 16 heteroatoms. The van der Waals surface area contributed by atoms with Crippen LogP contribution in [0.5, 0.6) is 0 Å². The summed E-state index contributed by atoms with van der Waals surface area (Å²) in [4.78, 5) is 37.8. The average molecular weight is 429 g/mol. The molecule has 0 aromatic carbocycles. The molecule has 0 amide bonds. The normalized spacial score (nSPS) is 27.9. The molecule has 2 unspecified atom stereocenters. The lowest BCUT2D eigenvalue weighted by Crippen LogP contribution is -2.40. The molecule has 8 N–H and O–H groups in total.